The third-order valence-electron chi connectivity index (χ3n) is 11.6. The third kappa shape index (κ3) is 11.9. The molecule has 1 aromatic heterocycles. The van der Waals surface area contributed by atoms with Crippen LogP contribution in [0, 0.1) is 22.0 Å². The molecule has 5 aromatic carbocycles. The van der Waals surface area contributed by atoms with Crippen molar-refractivity contribution in [2.45, 2.75) is 42.6 Å². The first-order valence-corrected chi connectivity index (χ1v) is 24.0. The van der Waals surface area contributed by atoms with E-state index >= 15 is 0 Å². The van der Waals surface area contributed by atoms with Crippen molar-refractivity contribution in [3.8, 4) is 11.1 Å². The van der Waals surface area contributed by atoms with E-state index < -0.39 is 44.4 Å². The number of benzene rings is 5. The van der Waals surface area contributed by atoms with Gasteiger partial charge in [-0.3, -0.25) is 29.3 Å². The number of nitro benzene ring substituents is 1. The van der Waals surface area contributed by atoms with Crippen molar-refractivity contribution < 1.29 is 22.9 Å². The predicted molar refractivity (Wildman–Crippen MR) is 258 cm³/mol. The molecular formula is C47H50ClN9O6S2. The van der Waals surface area contributed by atoms with E-state index in [1.807, 2.05) is 72.8 Å². The van der Waals surface area contributed by atoms with Gasteiger partial charge in [-0.2, -0.15) is 0 Å². The van der Waals surface area contributed by atoms with Crippen LogP contribution < -0.4 is 26.0 Å². The monoisotopic (exact) mass is 935 g/mol. The Morgan fingerprint density at radius 3 is 2.34 bits per heavy atom. The summed E-state index contributed by atoms with van der Waals surface area (Å²) in [7, 11) is -4.36. The number of aromatic nitrogens is 2. The number of sulfonamides is 1. The number of rotatable bonds is 19. The second kappa shape index (κ2) is 21.1. The lowest BCUT2D eigenvalue weighted by atomic mass is 9.94. The highest BCUT2D eigenvalue weighted by molar-refractivity contribution is 7.99. The normalized spacial score (nSPS) is 14.6. The quantitative estimate of drug-likeness (QED) is 0.0349. The second-order valence-electron chi connectivity index (χ2n) is 15.9. The summed E-state index contributed by atoms with van der Waals surface area (Å²) in [5.41, 5.74) is 10.1. The fourth-order valence-electron chi connectivity index (χ4n) is 7.57. The van der Waals surface area contributed by atoms with E-state index in [1.165, 1.54) is 41.3 Å². The molecule has 1 aliphatic heterocycles. The number of hydrogen-bond acceptors (Lipinski definition) is 12. The maximum atomic E-state index is 13.8. The summed E-state index contributed by atoms with van der Waals surface area (Å²) in [6.45, 7) is 7.47. The van der Waals surface area contributed by atoms with Crippen LogP contribution in [0.25, 0.3) is 22.0 Å². The lowest BCUT2D eigenvalue weighted by Crippen LogP contribution is -2.46. The summed E-state index contributed by atoms with van der Waals surface area (Å²) in [5.74, 6) is -1.72. The molecule has 1 aliphatic rings. The van der Waals surface area contributed by atoms with Crippen molar-refractivity contribution in [1.29, 1.82) is 0 Å². The number of piperazine rings is 1. The van der Waals surface area contributed by atoms with Gasteiger partial charge < -0.3 is 21.3 Å². The molecule has 2 amide bonds. The summed E-state index contributed by atoms with van der Waals surface area (Å²) in [5, 5.41) is 19.7. The Bertz CT molecular complexity index is 2760. The van der Waals surface area contributed by atoms with Crippen LogP contribution in [-0.2, 0) is 26.2 Å². The maximum Gasteiger partial charge on any atom is 0.293 e. The zero-order valence-electron chi connectivity index (χ0n) is 35.9. The molecule has 0 spiro atoms. The van der Waals surface area contributed by atoms with E-state index in [4.69, 9.17) is 17.3 Å². The van der Waals surface area contributed by atoms with Crippen LogP contribution in [0.15, 0.2) is 131 Å². The van der Waals surface area contributed by atoms with Gasteiger partial charge in [0.25, 0.3) is 15.7 Å². The minimum absolute atomic E-state index is 0.0372. The number of nitrogens with zero attached hydrogens (tertiary/aromatic N) is 5. The molecule has 0 saturated carbocycles. The van der Waals surface area contributed by atoms with Crippen molar-refractivity contribution in [2.75, 3.05) is 53.4 Å². The van der Waals surface area contributed by atoms with Gasteiger partial charge in [0.05, 0.1) is 15.3 Å². The van der Waals surface area contributed by atoms with E-state index in [0.29, 0.717) is 28.1 Å². The number of halogens is 1. The Kier molecular flexibility index (Phi) is 15.2. The van der Waals surface area contributed by atoms with Crippen molar-refractivity contribution in [3.63, 3.8) is 0 Å². The number of hydrogen-bond donors (Lipinski definition) is 4. The highest BCUT2D eigenvalue weighted by Gasteiger charge is 2.27. The fourth-order valence-corrected chi connectivity index (χ4v) is 9.74. The Labute approximate surface area is 387 Å². The molecule has 0 aliphatic carbocycles. The van der Waals surface area contributed by atoms with E-state index in [1.54, 1.807) is 19.9 Å². The molecule has 2 heterocycles. The van der Waals surface area contributed by atoms with Gasteiger partial charge in [-0.15, -0.1) is 11.8 Å². The number of nitro groups is 1. The molecule has 0 bridgehead atoms. The molecule has 338 valence electrons. The van der Waals surface area contributed by atoms with E-state index in [2.05, 4.69) is 53.3 Å². The van der Waals surface area contributed by atoms with E-state index in [9.17, 15) is 28.1 Å². The van der Waals surface area contributed by atoms with Crippen LogP contribution in [0.5, 0.6) is 0 Å². The molecular weight excluding hydrogens is 886 g/mol. The molecule has 1 fully saturated rings. The average Bonchev–Trinajstić information content (AvgIpc) is 3.31. The Hall–Kier alpha value is -6.27. The number of fused-ring (bicyclic) bond motifs is 1. The minimum Gasteiger partial charge on any atom is -0.376 e. The summed E-state index contributed by atoms with van der Waals surface area (Å²) in [4.78, 5) is 50.2. The predicted octanol–water partition coefficient (Wildman–Crippen LogP) is 7.82. The molecule has 65 heavy (non-hydrogen) atoms. The van der Waals surface area contributed by atoms with Crippen LogP contribution in [-0.4, -0.2) is 84.5 Å². The number of thioether (sulfide) groups is 1. The van der Waals surface area contributed by atoms with Crippen LogP contribution in [0.4, 0.5) is 22.9 Å². The maximum absolute atomic E-state index is 13.8. The lowest BCUT2D eigenvalue weighted by molar-refractivity contribution is -0.384. The molecule has 5 N–H and O–H groups in total. The van der Waals surface area contributed by atoms with Crippen LogP contribution >= 0.6 is 23.4 Å². The Morgan fingerprint density at radius 1 is 0.892 bits per heavy atom. The zero-order valence-corrected chi connectivity index (χ0v) is 38.3. The highest BCUT2D eigenvalue weighted by atomic mass is 35.5. The standard InChI is InChI=1S/C47H50ClN9O6S2/c1-31(45(49)58)32(2)47(59)50-21-20-36(29-64-38-9-4-3-5-10-38)53-42-19-17-39(27-44(42)57(60)61)65(62,63)54-46-41-18-16-37(26-43(41)51-30-52-46)56-24-22-55(23-25-56)28-34-8-6-7-11-40(34)33-12-14-35(48)15-13-33/h3-19,26-27,30-32,36,53H,20-25,28-29H2,1-2H3,(H2,49,58)(H,50,59)(H,51,52,54)/t31?,32-,36+/m0/s1. The SMILES string of the molecule is CC(C(N)=O)[C@H](C)C(=O)NCC[C@H](CSc1ccccc1)Nc1ccc(S(=O)(=O)Nc2ncnc3cc(N4CCN(Cc5ccccc5-c5ccc(Cl)cc5)CC4)ccc23)cc1[N+](=O)[O-]. The third-order valence-corrected chi connectivity index (χ3v) is 14.4. The first-order chi connectivity index (χ1) is 31.3. The van der Waals surface area contributed by atoms with Gasteiger partial charge >= 0.3 is 0 Å². The van der Waals surface area contributed by atoms with Crippen LogP contribution in [0.1, 0.15) is 25.8 Å². The minimum atomic E-state index is -4.36. The van der Waals surface area contributed by atoms with Gasteiger partial charge in [-0.1, -0.05) is 80.0 Å². The molecule has 1 unspecified atom stereocenters. The molecule has 7 rings (SSSR count). The van der Waals surface area contributed by atoms with Gasteiger partial charge in [0.15, 0.2) is 5.82 Å². The number of carbonyl (C=O) groups is 2. The number of amides is 2. The largest absolute Gasteiger partial charge is 0.376 e. The van der Waals surface area contributed by atoms with Gasteiger partial charge in [0, 0.05) is 90.0 Å². The zero-order chi connectivity index (χ0) is 46.1. The van der Waals surface area contributed by atoms with Crippen molar-refractivity contribution in [2.24, 2.45) is 17.6 Å². The first kappa shape index (κ1) is 46.7. The number of nitrogens with two attached hydrogens (primary N) is 1. The summed E-state index contributed by atoms with van der Waals surface area (Å²) >= 11 is 7.67. The van der Waals surface area contributed by atoms with Gasteiger partial charge in [-0.05, 0) is 77.7 Å². The highest BCUT2D eigenvalue weighted by Crippen LogP contribution is 2.33. The molecule has 0 radical (unpaired) electrons. The number of carbonyl (C=O) groups excluding carboxylic acids is 2. The van der Waals surface area contributed by atoms with E-state index in [0.717, 1.165) is 54.9 Å². The Balaban J connectivity index is 1.02. The Morgan fingerprint density at radius 2 is 1.62 bits per heavy atom. The summed E-state index contributed by atoms with van der Waals surface area (Å²) in [6.07, 6.45) is 1.64. The number of primary amides is 1. The topological polar surface area (TPSA) is 206 Å². The van der Waals surface area contributed by atoms with Crippen LogP contribution in [0.2, 0.25) is 5.02 Å². The second-order valence-corrected chi connectivity index (χ2v) is 19.1. The molecule has 3 atom stereocenters. The first-order valence-electron chi connectivity index (χ1n) is 21.1. The molecule has 15 nitrogen and oxygen atoms in total. The van der Waals surface area contributed by atoms with Crippen molar-refractivity contribution in [1.82, 2.24) is 20.2 Å². The number of anilines is 3. The van der Waals surface area contributed by atoms with E-state index in [-0.39, 0.29) is 28.9 Å². The smallest absolute Gasteiger partial charge is 0.293 e. The van der Waals surface area contributed by atoms with Gasteiger partial charge in [-0.25, -0.2) is 18.4 Å². The molecule has 1 saturated heterocycles. The van der Waals surface area contributed by atoms with Crippen molar-refractivity contribution in [3.05, 3.63) is 142 Å². The summed E-state index contributed by atoms with van der Waals surface area (Å²) in [6, 6.07) is 34.8. The number of nitrogens with one attached hydrogen (secondary N) is 3. The molecule has 18 heteroatoms. The summed E-state index contributed by atoms with van der Waals surface area (Å²) < 4.78 is 30.2. The average molecular weight is 937 g/mol. The lowest BCUT2D eigenvalue weighted by Gasteiger charge is -2.36. The van der Waals surface area contributed by atoms with Gasteiger partial charge in [0.1, 0.15) is 12.0 Å². The fraction of sp³-hybridized carbons (Fsp3) is 0.277. The molecule has 6 aromatic rings. The van der Waals surface area contributed by atoms with Gasteiger partial charge in [0.2, 0.25) is 11.8 Å². The van der Waals surface area contributed by atoms with Crippen molar-refractivity contribution >= 4 is 79.0 Å². The van der Waals surface area contributed by atoms with Crippen LogP contribution in [0.3, 0.4) is 0 Å².